The summed E-state index contributed by atoms with van der Waals surface area (Å²) in [6, 6.07) is 4.64. The van der Waals surface area contributed by atoms with Crippen LogP contribution in [0, 0.1) is 29.8 Å². The fraction of sp³-hybridized carbons (Fsp3) is 0.382. The Morgan fingerprint density at radius 1 is 1.15 bits per heavy atom. The molecule has 3 saturated heterocycles. The first kappa shape index (κ1) is 30.8. The highest BCUT2D eigenvalue weighted by molar-refractivity contribution is 6.06. The molecule has 0 unspecified atom stereocenters. The van der Waals surface area contributed by atoms with Gasteiger partial charge < -0.3 is 24.8 Å². The number of carbonyl (C=O) groups is 1. The van der Waals surface area contributed by atoms with Crippen molar-refractivity contribution in [3.05, 3.63) is 47.3 Å². The topological polar surface area (TPSA) is 100 Å². The van der Waals surface area contributed by atoms with E-state index in [2.05, 4.69) is 26.1 Å². The normalized spacial score (nSPS) is 21.5. The molecule has 0 saturated carbocycles. The Balaban J connectivity index is 1.47. The van der Waals surface area contributed by atoms with Gasteiger partial charge in [-0.1, -0.05) is 12.0 Å². The molecular formula is C34H31F4N5O4. The Morgan fingerprint density at radius 2 is 1.98 bits per heavy atom. The van der Waals surface area contributed by atoms with Gasteiger partial charge in [0.25, 0.3) is 0 Å². The van der Waals surface area contributed by atoms with Crippen LogP contribution in [0.25, 0.3) is 32.8 Å². The van der Waals surface area contributed by atoms with Gasteiger partial charge in [0, 0.05) is 50.0 Å². The minimum absolute atomic E-state index is 0.00907. The van der Waals surface area contributed by atoms with E-state index >= 15 is 8.78 Å². The van der Waals surface area contributed by atoms with Gasteiger partial charge in [-0.25, -0.2) is 17.6 Å². The van der Waals surface area contributed by atoms with Crippen molar-refractivity contribution in [2.24, 2.45) is 0 Å². The predicted octanol–water partition coefficient (Wildman–Crippen LogP) is 4.84. The number of fused-ring (bicyclic) bond motifs is 3. The van der Waals surface area contributed by atoms with Gasteiger partial charge in [0.05, 0.1) is 29.2 Å². The average Bonchev–Trinajstić information content (AvgIpc) is 3.48. The molecular weight excluding hydrogens is 618 g/mol. The highest BCUT2D eigenvalue weighted by Crippen LogP contribution is 2.46. The third-order valence-electron chi connectivity index (χ3n) is 9.46. The number of benzene rings is 3. The number of nitrogens with one attached hydrogen (secondary N) is 1. The van der Waals surface area contributed by atoms with E-state index in [0.29, 0.717) is 13.0 Å². The summed E-state index contributed by atoms with van der Waals surface area (Å²) in [6.45, 7) is 1.76. The van der Waals surface area contributed by atoms with Gasteiger partial charge in [-0.2, -0.15) is 9.97 Å². The van der Waals surface area contributed by atoms with Gasteiger partial charge in [0.2, 0.25) is 5.91 Å². The van der Waals surface area contributed by atoms with Crippen LogP contribution in [0.3, 0.4) is 0 Å². The molecule has 3 aromatic carbocycles. The summed E-state index contributed by atoms with van der Waals surface area (Å²) < 4.78 is 74.7. The van der Waals surface area contributed by atoms with E-state index in [1.165, 1.54) is 19.2 Å². The molecule has 3 aliphatic rings. The van der Waals surface area contributed by atoms with Crippen molar-refractivity contribution >= 4 is 33.4 Å². The standard InChI is InChI=1S/C34H31F4N5O4/c1-3-21-23(36)6-5-18-13-20(44)14-22(25(18)21)26-28(37)30-27(31(46-2)29(26)38)32(42-11-7-24(45)39-9-12-42)41-33(40-30)47-17-34-8-4-10-43(34)16-19(35)15-34/h1,5-6,13-14,19,44H,4,7-12,15-17H2,2H3,(H,39,45)/t19-,34+/m1/s1. The van der Waals surface area contributed by atoms with E-state index < -0.39 is 40.5 Å². The lowest BCUT2D eigenvalue weighted by Gasteiger charge is -2.31. The summed E-state index contributed by atoms with van der Waals surface area (Å²) in [6.07, 6.45) is 6.60. The smallest absolute Gasteiger partial charge is 0.319 e. The zero-order valence-electron chi connectivity index (χ0n) is 25.5. The number of methoxy groups -OCH3 is 1. The molecule has 0 radical (unpaired) electrons. The SMILES string of the molecule is C#Cc1c(F)ccc2cc(O)cc(-c3c(F)c(OC)c4c(N5CCNC(=O)CC5)nc(OC[C@@]56CCCN5C[C@H](F)C6)nc4c3F)c12. The maximum atomic E-state index is 17.0. The van der Waals surface area contributed by atoms with Gasteiger partial charge in [-0.3, -0.25) is 9.69 Å². The molecule has 0 spiro atoms. The molecule has 7 rings (SSSR count). The van der Waals surface area contributed by atoms with E-state index in [9.17, 15) is 18.7 Å². The molecule has 9 nitrogen and oxygen atoms in total. The molecule has 3 fully saturated rings. The first-order valence-corrected chi connectivity index (χ1v) is 15.4. The summed E-state index contributed by atoms with van der Waals surface area (Å²) in [5.41, 5.74) is -2.04. The number of alkyl halides is 1. The van der Waals surface area contributed by atoms with E-state index in [-0.39, 0.29) is 95.4 Å². The number of phenolic OH excluding ortho intramolecular Hbond substituents is 1. The Labute approximate surface area is 267 Å². The molecule has 1 amide bonds. The van der Waals surface area contributed by atoms with Crippen LogP contribution in [0.2, 0.25) is 0 Å². The summed E-state index contributed by atoms with van der Waals surface area (Å²) in [5, 5.41) is 13.5. The number of hydrogen-bond donors (Lipinski definition) is 2. The third kappa shape index (κ3) is 5.11. The van der Waals surface area contributed by atoms with Crippen molar-refractivity contribution in [1.29, 1.82) is 0 Å². The molecule has 0 aliphatic carbocycles. The number of phenols is 1. The van der Waals surface area contributed by atoms with Crippen molar-refractivity contribution in [1.82, 2.24) is 20.2 Å². The third-order valence-corrected chi connectivity index (χ3v) is 9.46. The second kappa shape index (κ2) is 11.8. The number of nitrogens with zero attached hydrogens (tertiary/aromatic N) is 4. The number of hydrogen-bond acceptors (Lipinski definition) is 8. The fourth-order valence-corrected chi connectivity index (χ4v) is 7.35. The van der Waals surface area contributed by atoms with Gasteiger partial charge in [0.15, 0.2) is 17.4 Å². The number of aromatic nitrogens is 2. The van der Waals surface area contributed by atoms with E-state index in [4.69, 9.17) is 15.9 Å². The predicted molar refractivity (Wildman–Crippen MR) is 167 cm³/mol. The van der Waals surface area contributed by atoms with Gasteiger partial charge in [-0.05, 0) is 43.0 Å². The van der Waals surface area contributed by atoms with Gasteiger partial charge in [-0.15, -0.1) is 6.42 Å². The Hall–Kier alpha value is -4.83. The molecule has 244 valence electrons. The number of ether oxygens (including phenoxy) is 2. The summed E-state index contributed by atoms with van der Waals surface area (Å²) >= 11 is 0. The Bertz CT molecular complexity index is 1990. The Kier molecular flexibility index (Phi) is 7.71. The first-order chi connectivity index (χ1) is 22.6. The molecule has 1 aromatic heterocycles. The van der Waals surface area contributed by atoms with E-state index in [0.717, 1.165) is 25.1 Å². The summed E-state index contributed by atoms with van der Waals surface area (Å²) in [7, 11) is 1.20. The van der Waals surface area contributed by atoms with Crippen LogP contribution in [0.1, 0.15) is 31.2 Å². The monoisotopic (exact) mass is 649 g/mol. The largest absolute Gasteiger partial charge is 0.508 e. The summed E-state index contributed by atoms with van der Waals surface area (Å²) in [4.78, 5) is 24.9. The maximum absolute atomic E-state index is 17.0. The molecule has 2 N–H and O–H groups in total. The van der Waals surface area contributed by atoms with Crippen LogP contribution < -0.4 is 19.7 Å². The van der Waals surface area contributed by atoms with Crippen LogP contribution in [0.15, 0.2) is 24.3 Å². The zero-order chi connectivity index (χ0) is 33.0. The molecule has 0 bridgehead atoms. The second-order valence-corrected chi connectivity index (χ2v) is 12.2. The molecule has 2 atom stereocenters. The van der Waals surface area contributed by atoms with Gasteiger partial charge >= 0.3 is 6.01 Å². The lowest BCUT2D eigenvalue weighted by Crippen LogP contribution is -2.43. The number of rotatable bonds is 6. The minimum atomic E-state index is -1.15. The molecule has 3 aliphatic heterocycles. The number of halogens is 4. The first-order valence-electron chi connectivity index (χ1n) is 15.4. The van der Waals surface area contributed by atoms with Crippen LogP contribution in [0.4, 0.5) is 23.4 Å². The van der Waals surface area contributed by atoms with Crippen LogP contribution in [0.5, 0.6) is 17.5 Å². The zero-order valence-corrected chi connectivity index (χ0v) is 25.5. The maximum Gasteiger partial charge on any atom is 0.319 e. The van der Waals surface area contributed by atoms with Crippen molar-refractivity contribution in [2.45, 2.75) is 37.4 Å². The molecule has 4 aromatic rings. The lowest BCUT2D eigenvalue weighted by atomic mass is 9.92. The van der Waals surface area contributed by atoms with Crippen molar-refractivity contribution in [3.8, 4) is 41.0 Å². The minimum Gasteiger partial charge on any atom is -0.508 e. The quantitative estimate of drug-likeness (QED) is 0.226. The van der Waals surface area contributed by atoms with Crippen molar-refractivity contribution in [3.63, 3.8) is 0 Å². The van der Waals surface area contributed by atoms with Crippen LogP contribution in [-0.2, 0) is 4.79 Å². The number of carbonyl (C=O) groups excluding carboxylic acids is 1. The highest BCUT2D eigenvalue weighted by Gasteiger charge is 2.49. The van der Waals surface area contributed by atoms with Gasteiger partial charge in [0.1, 0.15) is 35.7 Å². The summed E-state index contributed by atoms with van der Waals surface area (Å²) in [5.74, 6) is -1.69. The number of amides is 1. The molecule has 13 heteroatoms. The van der Waals surface area contributed by atoms with Crippen molar-refractivity contribution in [2.75, 3.05) is 51.3 Å². The number of terminal acetylenes is 1. The lowest BCUT2D eigenvalue weighted by molar-refractivity contribution is -0.120. The van der Waals surface area contributed by atoms with E-state index in [1.807, 2.05) is 0 Å². The second-order valence-electron chi connectivity index (χ2n) is 12.2. The average molecular weight is 650 g/mol. The number of aromatic hydroxyl groups is 1. The fourth-order valence-electron chi connectivity index (χ4n) is 7.35. The molecule has 47 heavy (non-hydrogen) atoms. The molecule has 4 heterocycles. The van der Waals surface area contributed by atoms with Crippen molar-refractivity contribution < 1.29 is 36.9 Å². The van der Waals surface area contributed by atoms with E-state index in [1.54, 1.807) is 4.90 Å². The van der Waals surface area contributed by atoms with Crippen LogP contribution in [-0.4, -0.2) is 84.0 Å². The van der Waals surface area contributed by atoms with Crippen LogP contribution >= 0.6 is 0 Å². The number of anilines is 1. The Morgan fingerprint density at radius 3 is 2.77 bits per heavy atom. The highest BCUT2D eigenvalue weighted by atomic mass is 19.1.